The van der Waals surface area contributed by atoms with E-state index in [1.807, 2.05) is 42.5 Å². The molecule has 1 amide bonds. The third-order valence-electron chi connectivity index (χ3n) is 5.61. The number of aromatic nitrogens is 1. The van der Waals surface area contributed by atoms with Crippen LogP contribution in [-0.4, -0.2) is 36.6 Å². The van der Waals surface area contributed by atoms with Crippen molar-refractivity contribution in [1.82, 2.24) is 15.2 Å². The molecular formula is C27H28ClN3O4S. The molecule has 0 radical (unpaired) electrons. The van der Waals surface area contributed by atoms with E-state index < -0.39 is 0 Å². The van der Waals surface area contributed by atoms with Gasteiger partial charge in [0.05, 0.1) is 33.6 Å². The van der Waals surface area contributed by atoms with E-state index in [9.17, 15) is 4.79 Å². The zero-order valence-corrected chi connectivity index (χ0v) is 21.8. The Morgan fingerprint density at radius 3 is 2.67 bits per heavy atom. The number of hydrogen-bond acceptors (Lipinski definition) is 7. The van der Waals surface area contributed by atoms with E-state index in [1.54, 1.807) is 31.9 Å². The number of nitrogens with zero attached hydrogens (tertiary/aromatic N) is 2. The van der Waals surface area contributed by atoms with Crippen LogP contribution in [0.15, 0.2) is 70.7 Å². The van der Waals surface area contributed by atoms with Gasteiger partial charge in [0.1, 0.15) is 16.5 Å². The van der Waals surface area contributed by atoms with Crippen molar-refractivity contribution in [1.29, 1.82) is 0 Å². The Balaban J connectivity index is 1.44. The van der Waals surface area contributed by atoms with Crippen LogP contribution in [0.1, 0.15) is 32.4 Å². The van der Waals surface area contributed by atoms with E-state index in [0.29, 0.717) is 47.6 Å². The molecule has 2 aromatic carbocycles. The van der Waals surface area contributed by atoms with Gasteiger partial charge in [0.25, 0.3) is 5.91 Å². The lowest BCUT2D eigenvalue weighted by Gasteiger charge is -2.22. The molecule has 0 aliphatic carbocycles. The van der Waals surface area contributed by atoms with E-state index in [1.165, 1.54) is 11.3 Å². The minimum Gasteiger partial charge on any atom is -0.493 e. The average Bonchev–Trinajstić information content (AvgIpc) is 3.58. The summed E-state index contributed by atoms with van der Waals surface area (Å²) in [5.41, 5.74) is 2.66. The molecule has 0 spiro atoms. The fourth-order valence-corrected chi connectivity index (χ4v) is 4.81. The quantitative estimate of drug-likeness (QED) is 0.260. The first-order valence-electron chi connectivity index (χ1n) is 11.5. The minimum atomic E-state index is -0.222. The van der Waals surface area contributed by atoms with Crippen LogP contribution < -0.4 is 14.8 Å². The fraction of sp³-hybridized carbons (Fsp3) is 0.259. The lowest BCUT2D eigenvalue weighted by Crippen LogP contribution is -2.26. The van der Waals surface area contributed by atoms with Gasteiger partial charge in [-0.25, -0.2) is 4.98 Å². The number of furan rings is 1. The molecule has 0 unspecified atom stereocenters. The summed E-state index contributed by atoms with van der Waals surface area (Å²) in [6.45, 7) is 2.41. The number of amides is 1. The first-order valence-corrected chi connectivity index (χ1v) is 12.7. The molecule has 2 aromatic heterocycles. The Labute approximate surface area is 219 Å². The number of benzene rings is 2. The molecule has 36 heavy (non-hydrogen) atoms. The highest BCUT2D eigenvalue weighted by atomic mass is 35.5. The smallest absolute Gasteiger partial charge is 0.271 e. The number of ether oxygens (including phenoxy) is 2. The second-order valence-electron chi connectivity index (χ2n) is 8.17. The molecule has 4 aromatic rings. The summed E-state index contributed by atoms with van der Waals surface area (Å²) >= 11 is 7.70. The van der Waals surface area contributed by atoms with Gasteiger partial charge in [-0.2, -0.15) is 0 Å². The van der Waals surface area contributed by atoms with Crippen LogP contribution in [0.25, 0.3) is 0 Å². The van der Waals surface area contributed by atoms with E-state index in [-0.39, 0.29) is 5.91 Å². The Kier molecular flexibility index (Phi) is 9.00. The van der Waals surface area contributed by atoms with E-state index in [0.717, 1.165) is 29.1 Å². The normalized spacial score (nSPS) is 11.0. The summed E-state index contributed by atoms with van der Waals surface area (Å²) in [6, 6.07) is 17.4. The Morgan fingerprint density at radius 1 is 1.06 bits per heavy atom. The second kappa shape index (κ2) is 12.6. The van der Waals surface area contributed by atoms with Crippen molar-refractivity contribution < 1.29 is 18.7 Å². The predicted octanol–water partition coefficient (Wildman–Crippen LogP) is 5.58. The van der Waals surface area contributed by atoms with Gasteiger partial charge in [-0.05, 0) is 53.9 Å². The van der Waals surface area contributed by atoms with Crippen molar-refractivity contribution in [2.45, 2.75) is 26.1 Å². The van der Waals surface area contributed by atoms with Gasteiger partial charge in [0, 0.05) is 23.5 Å². The molecule has 2 heterocycles. The van der Waals surface area contributed by atoms with Gasteiger partial charge in [0.15, 0.2) is 11.5 Å². The second-order valence-corrected chi connectivity index (χ2v) is 9.55. The minimum absolute atomic E-state index is 0.222. The molecule has 4 rings (SSSR count). The molecule has 0 saturated carbocycles. The first-order chi connectivity index (χ1) is 17.5. The van der Waals surface area contributed by atoms with Crippen LogP contribution in [-0.2, 0) is 26.1 Å². The maximum Gasteiger partial charge on any atom is 0.271 e. The Morgan fingerprint density at radius 2 is 1.92 bits per heavy atom. The Hall–Kier alpha value is -3.33. The number of rotatable bonds is 12. The largest absolute Gasteiger partial charge is 0.493 e. The van der Waals surface area contributed by atoms with Crippen LogP contribution in [0.2, 0.25) is 5.02 Å². The molecule has 7 nitrogen and oxygen atoms in total. The van der Waals surface area contributed by atoms with Gasteiger partial charge in [-0.3, -0.25) is 9.69 Å². The highest BCUT2D eigenvalue weighted by Gasteiger charge is 2.15. The lowest BCUT2D eigenvalue weighted by atomic mass is 10.1. The summed E-state index contributed by atoms with van der Waals surface area (Å²) < 4.78 is 16.1. The topological polar surface area (TPSA) is 76.8 Å². The molecule has 0 bridgehead atoms. The maximum atomic E-state index is 12.5. The van der Waals surface area contributed by atoms with E-state index in [2.05, 4.69) is 21.3 Å². The number of nitrogens with one attached hydrogen (secondary N) is 1. The molecule has 188 valence electrons. The number of carbonyl (C=O) groups excluding carboxylic acids is 1. The number of carbonyl (C=O) groups is 1. The van der Waals surface area contributed by atoms with Crippen molar-refractivity contribution in [3.05, 3.63) is 98.9 Å². The summed E-state index contributed by atoms with van der Waals surface area (Å²) in [5, 5.41) is 6.21. The standard InChI is InChI=1S/C27H28ClN3O4S/c1-33-24-9-8-19(14-25(24)34-2)10-11-31(16-20-5-3-6-21(28)13-20)17-26-30-23(18-36-26)27(32)29-15-22-7-4-12-35-22/h3-9,12-14,18H,10-11,15-17H2,1-2H3,(H,29,32). The van der Waals surface area contributed by atoms with Gasteiger partial charge in [-0.1, -0.05) is 29.8 Å². The van der Waals surface area contributed by atoms with Gasteiger partial charge in [0.2, 0.25) is 0 Å². The van der Waals surface area contributed by atoms with Crippen molar-refractivity contribution >= 4 is 28.8 Å². The third kappa shape index (κ3) is 7.10. The van der Waals surface area contributed by atoms with E-state index >= 15 is 0 Å². The Bertz CT molecular complexity index is 1280. The highest BCUT2D eigenvalue weighted by molar-refractivity contribution is 7.09. The van der Waals surface area contributed by atoms with Crippen LogP contribution in [0.3, 0.4) is 0 Å². The summed E-state index contributed by atoms with van der Waals surface area (Å²) in [6.07, 6.45) is 2.39. The molecule has 1 N–H and O–H groups in total. The van der Waals surface area contributed by atoms with Gasteiger partial charge < -0.3 is 19.2 Å². The molecule has 0 aliphatic rings. The van der Waals surface area contributed by atoms with Crippen LogP contribution in [0.5, 0.6) is 11.5 Å². The number of halogens is 1. The van der Waals surface area contributed by atoms with E-state index in [4.69, 9.17) is 25.5 Å². The van der Waals surface area contributed by atoms with Crippen molar-refractivity contribution in [2.24, 2.45) is 0 Å². The molecule has 0 fully saturated rings. The maximum absolute atomic E-state index is 12.5. The van der Waals surface area contributed by atoms with Crippen molar-refractivity contribution in [3.63, 3.8) is 0 Å². The lowest BCUT2D eigenvalue weighted by molar-refractivity contribution is 0.0943. The molecule has 0 saturated heterocycles. The highest BCUT2D eigenvalue weighted by Crippen LogP contribution is 2.28. The van der Waals surface area contributed by atoms with Crippen LogP contribution in [0, 0.1) is 0 Å². The summed E-state index contributed by atoms with van der Waals surface area (Å²) in [5.74, 6) is 1.89. The predicted molar refractivity (Wildman–Crippen MR) is 141 cm³/mol. The number of hydrogen-bond donors (Lipinski definition) is 1. The van der Waals surface area contributed by atoms with Gasteiger partial charge >= 0.3 is 0 Å². The molecule has 9 heteroatoms. The van der Waals surface area contributed by atoms with Gasteiger partial charge in [-0.15, -0.1) is 11.3 Å². The molecule has 0 aliphatic heterocycles. The monoisotopic (exact) mass is 525 g/mol. The SMILES string of the molecule is COc1ccc(CCN(Cc2cccc(Cl)c2)Cc2nc(C(=O)NCc3ccco3)cs2)cc1OC. The molecule has 0 atom stereocenters. The zero-order valence-electron chi connectivity index (χ0n) is 20.2. The number of methoxy groups -OCH3 is 2. The average molecular weight is 526 g/mol. The fourth-order valence-electron chi connectivity index (χ4n) is 3.78. The summed E-state index contributed by atoms with van der Waals surface area (Å²) in [4.78, 5) is 19.4. The molecular weight excluding hydrogens is 498 g/mol. The zero-order chi connectivity index (χ0) is 25.3. The van der Waals surface area contributed by atoms with Crippen LogP contribution >= 0.6 is 22.9 Å². The third-order valence-corrected chi connectivity index (χ3v) is 6.68. The van der Waals surface area contributed by atoms with Crippen LogP contribution in [0.4, 0.5) is 0 Å². The van der Waals surface area contributed by atoms with Crippen molar-refractivity contribution in [3.8, 4) is 11.5 Å². The summed E-state index contributed by atoms with van der Waals surface area (Å²) in [7, 11) is 3.27. The number of thiazole rings is 1. The van der Waals surface area contributed by atoms with Crippen molar-refractivity contribution in [2.75, 3.05) is 20.8 Å². The first kappa shape index (κ1) is 25.8.